The maximum atomic E-state index is 10.9. The van der Waals surface area contributed by atoms with Crippen LogP contribution in [0.25, 0.3) is 0 Å². The average Bonchev–Trinajstić information content (AvgIpc) is 2.48. The molecule has 0 aliphatic heterocycles. The molecule has 0 amide bonds. The number of aromatic carboxylic acids is 1. The van der Waals surface area contributed by atoms with Crippen LogP contribution in [0.1, 0.15) is 15.9 Å². The van der Waals surface area contributed by atoms with Gasteiger partial charge in [0.05, 0.1) is 19.8 Å². The topological polar surface area (TPSA) is 104 Å². The van der Waals surface area contributed by atoms with Crippen molar-refractivity contribution in [1.29, 1.82) is 0 Å². The molecule has 0 atom stereocenters. The highest BCUT2D eigenvalue weighted by Crippen LogP contribution is 2.25. The summed E-state index contributed by atoms with van der Waals surface area (Å²) in [6.07, 6.45) is 0. The second kappa shape index (κ2) is 6.04. The van der Waals surface area contributed by atoms with Crippen LogP contribution in [-0.4, -0.2) is 40.2 Å². The van der Waals surface area contributed by atoms with Crippen molar-refractivity contribution in [3.8, 4) is 23.8 Å². The number of carboxylic acids is 1. The molecule has 0 saturated carbocycles. The zero-order chi connectivity index (χ0) is 15.4. The zero-order valence-corrected chi connectivity index (χ0v) is 11.7. The SMILES string of the molecule is COc1nc(OC)nc(Oc2ccc(C(=O)O)cc2C)n1. The first kappa shape index (κ1) is 14.5. The van der Waals surface area contributed by atoms with E-state index in [4.69, 9.17) is 19.3 Å². The third-order valence-electron chi connectivity index (χ3n) is 2.56. The summed E-state index contributed by atoms with van der Waals surface area (Å²) in [4.78, 5) is 22.6. The van der Waals surface area contributed by atoms with Crippen LogP contribution in [0.3, 0.4) is 0 Å². The Hall–Kier alpha value is -2.90. The van der Waals surface area contributed by atoms with E-state index in [1.807, 2.05) is 0 Å². The number of carboxylic acid groups (broad SMARTS) is 1. The Kier molecular flexibility index (Phi) is 4.17. The molecule has 8 heteroatoms. The normalized spacial score (nSPS) is 10.0. The van der Waals surface area contributed by atoms with Gasteiger partial charge in [-0.15, -0.1) is 15.0 Å². The quantitative estimate of drug-likeness (QED) is 0.887. The molecule has 1 N–H and O–H groups in total. The minimum Gasteiger partial charge on any atom is -0.478 e. The number of hydrogen-bond donors (Lipinski definition) is 1. The van der Waals surface area contributed by atoms with E-state index in [1.165, 1.54) is 32.4 Å². The van der Waals surface area contributed by atoms with E-state index in [0.717, 1.165) is 0 Å². The van der Waals surface area contributed by atoms with Crippen LogP contribution < -0.4 is 14.2 Å². The van der Waals surface area contributed by atoms with Crippen LogP contribution in [0, 0.1) is 6.92 Å². The molecule has 0 saturated heterocycles. The number of aromatic nitrogens is 3. The lowest BCUT2D eigenvalue weighted by atomic mass is 10.1. The van der Waals surface area contributed by atoms with Gasteiger partial charge in [-0.2, -0.15) is 0 Å². The molecule has 0 bridgehead atoms. The molecule has 0 aliphatic carbocycles. The number of hydrogen-bond acceptors (Lipinski definition) is 7. The van der Waals surface area contributed by atoms with Gasteiger partial charge in [-0.1, -0.05) is 0 Å². The zero-order valence-electron chi connectivity index (χ0n) is 11.7. The maximum Gasteiger partial charge on any atom is 0.335 e. The van der Waals surface area contributed by atoms with E-state index in [0.29, 0.717) is 11.3 Å². The van der Waals surface area contributed by atoms with Crippen LogP contribution in [0.4, 0.5) is 0 Å². The highest BCUT2D eigenvalue weighted by atomic mass is 16.5. The molecule has 0 radical (unpaired) electrons. The summed E-state index contributed by atoms with van der Waals surface area (Å²) in [6, 6.07) is 4.55. The van der Waals surface area contributed by atoms with Crippen molar-refractivity contribution in [2.75, 3.05) is 14.2 Å². The molecule has 1 aromatic heterocycles. The van der Waals surface area contributed by atoms with Gasteiger partial charge in [-0.3, -0.25) is 0 Å². The number of aryl methyl sites for hydroxylation is 1. The number of nitrogens with zero attached hydrogens (tertiary/aromatic N) is 3. The standard InChI is InChI=1S/C13H13N3O5/c1-7-6-8(10(17)18)4-5-9(7)21-13-15-11(19-2)14-12(16-13)20-3/h4-6H,1-3H3,(H,17,18). The third-order valence-corrected chi connectivity index (χ3v) is 2.56. The summed E-state index contributed by atoms with van der Waals surface area (Å²) in [5.74, 6) is -0.580. The number of ether oxygens (including phenoxy) is 3. The van der Waals surface area contributed by atoms with E-state index in [2.05, 4.69) is 15.0 Å². The minimum atomic E-state index is -1.01. The van der Waals surface area contributed by atoms with Gasteiger partial charge in [0.2, 0.25) is 0 Å². The van der Waals surface area contributed by atoms with E-state index in [-0.39, 0.29) is 23.6 Å². The largest absolute Gasteiger partial charge is 0.478 e. The summed E-state index contributed by atoms with van der Waals surface area (Å²) < 4.78 is 15.3. The first-order valence-corrected chi connectivity index (χ1v) is 5.89. The van der Waals surface area contributed by atoms with Gasteiger partial charge >= 0.3 is 24.0 Å². The molecule has 0 fully saturated rings. The summed E-state index contributed by atoms with van der Waals surface area (Å²) in [5, 5.41) is 8.92. The first-order valence-electron chi connectivity index (χ1n) is 5.89. The molecular weight excluding hydrogens is 278 g/mol. The lowest BCUT2D eigenvalue weighted by Crippen LogP contribution is -2.02. The summed E-state index contributed by atoms with van der Waals surface area (Å²) in [6.45, 7) is 1.72. The molecule has 21 heavy (non-hydrogen) atoms. The number of rotatable bonds is 5. The molecule has 8 nitrogen and oxygen atoms in total. The van der Waals surface area contributed by atoms with Gasteiger partial charge in [-0.25, -0.2) is 4.79 Å². The summed E-state index contributed by atoms with van der Waals surface area (Å²) in [7, 11) is 2.82. The Morgan fingerprint density at radius 3 is 2.10 bits per heavy atom. The lowest BCUT2D eigenvalue weighted by Gasteiger charge is -2.09. The summed E-state index contributed by atoms with van der Waals surface area (Å²) in [5.41, 5.74) is 0.805. The molecule has 110 valence electrons. The van der Waals surface area contributed by atoms with Gasteiger partial charge in [0.15, 0.2) is 0 Å². The van der Waals surface area contributed by atoms with Crippen molar-refractivity contribution in [2.45, 2.75) is 6.92 Å². The van der Waals surface area contributed by atoms with Crippen molar-refractivity contribution in [3.05, 3.63) is 29.3 Å². The maximum absolute atomic E-state index is 10.9. The van der Waals surface area contributed by atoms with Crippen molar-refractivity contribution in [1.82, 2.24) is 15.0 Å². The fraction of sp³-hybridized carbons (Fsp3) is 0.231. The molecular formula is C13H13N3O5. The Labute approximate surface area is 120 Å². The predicted octanol–water partition coefficient (Wildman–Crippen LogP) is 1.69. The Bertz CT molecular complexity index is 653. The first-order chi connectivity index (χ1) is 10.0. The van der Waals surface area contributed by atoms with Crippen LogP contribution in [0.15, 0.2) is 18.2 Å². The number of carbonyl (C=O) groups is 1. The Morgan fingerprint density at radius 1 is 1.05 bits per heavy atom. The van der Waals surface area contributed by atoms with Crippen LogP contribution in [0.2, 0.25) is 0 Å². The number of methoxy groups -OCH3 is 2. The highest BCUT2D eigenvalue weighted by molar-refractivity contribution is 5.88. The molecule has 1 heterocycles. The van der Waals surface area contributed by atoms with E-state index >= 15 is 0 Å². The highest BCUT2D eigenvalue weighted by Gasteiger charge is 2.12. The van der Waals surface area contributed by atoms with E-state index < -0.39 is 5.97 Å². The Balaban J connectivity index is 2.31. The average molecular weight is 291 g/mol. The van der Waals surface area contributed by atoms with E-state index in [9.17, 15) is 4.79 Å². The van der Waals surface area contributed by atoms with Crippen molar-refractivity contribution >= 4 is 5.97 Å². The van der Waals surface area contributed by atoms with Gasteiger partial charge in [0.1, 0.15) is 5.75 Å². The molecule has 0 aliphatic rings. The Morgan fingerprint density at radius 2 is 1.62 bits per heavy atom. The van der Waals surface area contributed by atoms with Crippen LogP contribution >= 0.6 is 0 Å². The fourth-order valence-corrected chi connectivity index (χ4v) is 1.54. The summed E-state index contributed by atoms with van der Waals surface area (Å²) >= 11 is 0. The molecule has 0 unspecified atom stereocenters. The van der Waals surface area contributed by atoms with Gasteiger partial charge < -0.3 is 19.3 Å². The predicted molar refractivity (Wildman–Crippen MR) is 71.1 cm³/mol. The van der Waals surface area contributed by atoms with Crippen LogP contribution in [-0.2, 0) is 0 Å². The molecule has 2 rings (SSSR count). The second-order valence-corrected chi connectivity index (χ2v) is 3.98. The molecule has 1 aromatic carbocycles. The fourth-order valence-electron chi connectivity index (χ4n) is 1.54. The van der Waals surface area contributed by atoms with Crippen molar-refractivity contribution < 1.29 is 24.1 Å². The smallest absolute Gasteiger partial charge is 0.335 e. The molecule has 0 spiro atoms. The lowest BCUT2D eigenvalue weighted by molar-refractivity contribution is 0.0697. The minimum absolute atomic E-state index is 0.00937. The molecule has 2 aromatic rings. The van der Waals surface area contributed by atoms with Crippen molar-refractivity contribution in [2.24, 2.45) is 0 Å². The van der Waals surface area contributed by atoms with Gasteiger partial charge in [0.25, 0.3) is 0 Å². The number of benzene rings is 1. The van der Waals surface area contributed by atoms with Crippen molar-refractivity contribution in [3.63, 3.8) is 0 Å². The monoisotopic (exact) mass is 291 g/mol. The van der Waals surface area contributed by atoms with Crippen LogP contribution in [0.5, 0.6) is 23.8 Å². The van der Waals surface area contributed by atoms with Gasteiger partial charge in [-0.05, 0) is 30.7 Å². The van der Waals surface area contributed by atoms with E-state index in [1.54, 1.807) is 6.92 Å². The second-order valence-electron chi connectivity index (χ2n) is 3.98. The third kappa shape index (κ3) is 3.35. The van der Waals surface area contributed by atoms with Gasteiger partial charge in [0, 0.05) is 0 Å².